The molecule has 0 saturated carbocycles. The standard InChI is InChI=1S/C18H17Cl2NO4S/c1-11(25-16-7-6-12(19)8-15(16)20)18(23)24-10-17(22)21-13-4-3-5-14(9-13)26-2/h3-9,11H,10H2,1-2H3,(H,21,22)/t11-/m1/s1. The first-order valence-corrected chi connectivity index (χ1v) is 9.59. The molecule has 0 heterocycles. The third-order valence-corrected chi connectivity index (χ3v) is 4.48. The molecule has 0 bridgehead atoms. The molecular formula is C18H17Cl2NO4S. The van der Waals surface area contributed by atoms with Crippen LogP contribution >= 0.6 is 35.0 Å². The van der Waals surface area contributed by atoms with E-state index in [4.69, 9.17) is 32.7 Å². The van der Waals surface area contributed by atoms with Crippen molar-refractivity contribution in [1.82, 2.24) is 0 Å². The molecule has 0 aromatic heterocycles. The Morgan fingerprint density at radius 1 is 1.19 bits per heavy atom. The molecule has 0 aliphatic heterocycles. The third-order valence-electron chi connectivity index (χ3n) is 3.23. The number of amides is 1. The molecule has 0 fully saturated rings. The van der Waals surface area contributed by atoms with E-state index in [2.05, 4.69) is 5.32 Å². The molecule has 2 rings (SSSR count). The van der Waals surface area contributed by atoms with Gasteiger partial charge in [0, 0.05) is 15.6 Å². The van der Waals surface area contributed by atoms with Gasteiger partial charge in [-0.1, -0.05) is 29.3 Å². The number of hydrogen-bond donors (Lipinski definition) is 1. The second-order valence-corrected chi connectivity index (χ2v) is 6.95. The van der Waals surface area contributed by atoms with Crippen molar-refractivity contribution in [2.24, 2.45) is 0 Å². The van der Waals surface area contributed by atoms with Crippen molar-refractivity contribution in [3.8, 4) is 5.75 Å². The van der Waals surface area contributed by atoms with Crippen LogP contribution in [0.1, 0.15) is 6.92 Å². The molecule has 1 N–H and O–H groups in total. The van der Waals surface area contributed by atoms with Crippen LogP contribution in [-0.4, -0.2) is 30.8 Å². The number of nitrogens with one attached hydrogen (secondary N) is 1. The van der Waals surface area contributed by atoms with E-state index in [0.29, 0.717) is 16.5 Å². The molecular weight excluding hydrogens is 397 g/mol. The number of anilines is 1. The zero-order valence-corrected chi connectivity index (χ0v) is 16.5. The van der Waals surface area contributed by atoms with Gasteiger partial charge in [-0.15, -0.1) is 11.8 Å². The van der Waals surface area contributed by atoms with Crippen LogP contribution in [-0.2, 0) is 14.3 Å². The molecule has 2 aromatic rings. The van der Waals surface area contributed by atoms with Crippen LogP contribution in [0.5, 0.6) is 5.75 Å². The van der Waals surface area contributed by atoms with E-state index >= 15 is 0 Å². The molecule has 0 aliphatic carbocycles. The molecule has 138 valence electrons. The first kappa shape index (κ1) is 20.4. The van der Waals surface area contributed by atoms with Crippen molar-refractivity contribution in [2.75, 3.05) is 18.2 Å². The van der Waals surface area contributed by atoms with Gasteiger partial charge in [0.05, 0.1) is 5.02 Å². The maximum Gasteiger partial charge on any atom is 0.347 e. The molecule has 0 unspecified atom stereocenters. The minimum Gasteiger partial charge on any atom is -0.477 e. The molecule has 0 radical (unpaired) electrons. The summed E-state index contributed by atoms with van der Waals surface area (Å²) >= 11 is 13.4. The number of carbonyl (C=O) groups excluding carboxylic acids is 2. The van der Waals surface area contributed by atoms with Crippen LogP contribution in [0.3, 0.4) is 0 Å². The highest BCUT2D eigenvalue weighted by Crippen LogP contribution is 2.28. The second kappa shape index (κ2) is 9.71. The Hall–Kier alpha value is -1.89. The summed E-state index contributed by atoms with van der Waals surface area (Å²) in [5.41, 5.74) is 0.634. The highest BCUT2D eigenvalue weighted by atomic mass is 35.5. The fourth-order valence-electron chi connectivity index (χ4n) is 1.96. The number of rotatable bonds is 7. The van der Waals surface area contributed by atoms with Crippen LogP contribution in [0, 0.1) is 0 Å². The summed E-state index contributed by atoms with van der Waals surface area (Å²) in [5.74, 6) is -0.809. The van der Waals surface area contributed by atoms with Gasteiger partial charge < -0.3 is 14.8 Å². The predicted octanol–water partition coefficient (Wildman–Crippen LogP) is 4.66. The maximum atomic E-state index is 12.0. The largest absolute Gasteiger partial charge is 0.477 e. The summed E-state index contributed by atoms with van der Waals surface area (Å²) < 4.78 is 10.4. The van der Waals surface area contributed by atoms with E-state index in [9.17, 15) is 9.59 Å². The van der Waals surface area contributed by atoms with Crippen molar-refractivity contribution in [2.45, 2.75) is 17.9 Å². The Balaban J connectivity index is 1.83. The number of esters is 1. The number of thioether (sulfide) groups is 1. The van der Waals surface area contributed by atoms with Crippen LogP contribution in [0.25, 0.3) is 0 Å². The molecule has 0 saturated heterocycles. The first-order chi connectivity index (χ1) is 12.4. The Morgan fingerprint density at radius 3 is 2.65 bits per heavy atom. The monoisotopic (exact) mass is 413 g/mol. The van der Waals surface area contributed by atoms with Gasteiger partial charge in [-0.2, -0.15) is 0 Å². The number of halogens is 2. The molecule has 2 aromatic carbocycles. The van der Waals surface area contributed by atoms with Crippen molar-refractivity contribution in [3.63, 3.8) is 0 Å². The molecule has 5 nitrogen and oxygen atoms in total. The quantitative estimate of drug-likeness (QED) is 0.527. The number of hydrogen-bond acceptors (Lipinski definition) is 5. The second-order valence-electron chi connectivity index (χ2n) is 5.22. The fourth-order valence-corrected chi connectivity index (χ4v) is 2.87. The van der Waals surface area contributed by atoms with Gasteiger partial charge in [0.15, 0.2) is 12.7 Å². The molecule has 8 heteroatoms. The van der Waals surface area contributed by atoms with E-state index in [1.165, 1.54) is 13.0 Å². The zero-order valence-electron chi connectivity index (χ0n) is 14.1. The SMILES string of the molecule is CSc1cccc(NC(=O)COC(=O)[C@@H](C)Oc2ccc(Cl)cc2Cl)c1. The summed E-state index contributed by atoms with van der Waals surface area (Å²) in [6.45, 7) is 1.09. The first-order valence-electron chi connectivity index (χ1n) is 7.61. The molecule has 0 spiro atoms. The predicted molar refractivity (Wildman–Crippen MR) is 104 cm³/mol. The van der Waals surface area contributed by atoms with Gasteiger partial charge in [-0.3, -0.25) is 4.79 Å². The van der Waals surface area contributed by atoms with Crippen molar-refractivity contribution >= 4 is 52.5 Å². The Morgan fingerprint density at radius 2 is 1.96 bits per heavy atom. The highest BCUT2D eigenvalue weighted by Gasteiger charge is 2.19. The van der Waals surface area contributed by atoms with Gasteiger partial charge in [0.25, 0.3) is 5.91 Å². The van der Waals surface area contributed by atoms with Crippen LogP contribution in [0.4, 0.5) is 5.69 Å². The molecule has 26 heavy (non-hydrogen) atoms. The lowest BCUT2D eigenvalue weighted by molar-refractivity contribution is -0.153. The summed E-state index contributed by atoms with van der Waals surface area (Å²) in [6, 6.07) is 12.0. The van der Waals surface area contributed by atoms with Crippen molar-refractivity contribution < 1.29 is 19.1 Å². The Labute approximate surface area is 166 Å². The average Bonchev–Trinajstić information content (AvgIpc) is 2.62. The maximum absolute atomic E-state index is 12.0. The Bertz CT molecular complexity index is 801. The molecule has 1 atom stereocenters. The molecule has 1 amide bonds. The lowest BCUT2D eigenvalue weighted by Crippen LogP contribution is -2.29. The minimum absolute atomic E-state index is 0.281. The topological polar surface area (TPSA) is 64.6 Å². The van der Waals surface area contributed by atoms with E-state index in [-0.39, 0.29) is 5.02 Å². The average molecular weight is 414 g/mol. The van der Waals surface area contributed by atoms with Crippen molar-refractivity contribution in [1.29, 1.82) is 0 Å². The zero-order chi connectivity index (χ0) is 19.1. The third kappa shape index (κ3) is 6.12. The van der Waals surface area contributed by atoms with Gasteiger partial charge in [-0.25, -0.2) is 4.79 Å². The van der Waals surface area contributed by atoms with Crippen LogP contribution < -0.4 is 10.1 Å². The van der Waals surface area contributed by atoms with E-state index < -0.39 is 24.6 Å². The normalized spacial score (nSPS) is 11.5. The Kier molecular flexibility index (Phi) is 7.63. The number of ether oxygens (including phenoxy) is 2. The summed E-state index contributed by atoms with van der Waals surface area (Å²) in [5, 5.41) is 3.41. The molecule has 0 aliphatic rings. The van der Waals surface area contributed by atoms with Crippen LogP contribution in [0.2, 0.25) is 10.0 Å². The smallest absolute Gasteiger partial charge is 0.347 e. The lowest BCUT2D eigenvalue weighted by atomic mass is 10.3. The minimum atomic E-state index is -0.929. The van der Waals surface area contributed by atoms with Gasteiger partial charge >= 0.3 is 5.97 Å². The van der Waals surface area contributed by atoms with Gasteiger partial charge in [-0.05, 0) is 49.6 Å². The van der Waals surface area contributed by atoms with E-state index in [0.717, 1.165) is 4.90 Å². The summed E-state index contributed by atoms with van der Waals surface area (Å²) in [6.07, 6.45) is 1.01. The van der Waals surface area contributed by atoms with E-state index in [1.54, 1.807) is 30.0 Å². The number of benzene rings is 2. The summed E-state index contributed by atoms with van der Waals surface area (Å²) in [4.78, 5) is 24.9. The fraction of sp³-hybridized carbons (Fsp3) is 0.222. The van der Waals surface area contributed by atoms with Crippen LogP contribution in [0.15, 0.2) is 47.4 Å². The van der Waals surface area contributed by atoms with E-state index in [1.807, 2.05) is 24.5 Å². The lowest BCUT2D eigenvalue weighted by Gasteiger charge is -2.15. The van der Waals surface area contributed by atoms with Crippen molar-refractivity contribution in [3.05, 3.63) is 52.5 Å². The van der Waals surface area contributed by atoms with Gasteiger partial charge in [0.2, 0.25) is 0 Å². The van der Waals surface area contributed by atoms with Gasteiger partial charge in [0.1, 0.15) is 5.75 Å². The summed E-state index contributed by atoms with van der Waals surface area (Å²) in [7, 11) is 0. The highest BCUT2D eigenvalue weighted by molar-refractivity contribution is 7.98. The number of carbonyl (C=O) groups is 2.